The second kappa shape index (κ2) is 7.05. The quantitative estimate of drug-likeness (QED) is 0.778. The predicted octanol–water partition coefficient (Wildman–Crippen LogP) is 1.06. The summed E-state index contributed by atoms with van der Waals surface area (Å²) < 4.78 is 12.8. The number of carboxylic acid groups (broad SMARTS) is 1. The summed E-state index contributed by atoms with van der Waals surface area (Å²) in [5.74, 6) is -3.07. The van der Waals surface area contributed by atoms with E-state index in [0.717, 1.165) is 4.90 Å². The lowest BCUT2D eigenvalue weighted by atomic mass is 10.2. The van der Waals surface area contributed by atoms with Crippen molar-refractivity contribution in [2.45, 2.75) is 0 Å². The summed E-state index contributed by atoms with van der Waals surface area (Å²) in [7, 11) is 0. The maximum Gasteiger partial charge on any atom is 0.322 e. The molecule has 1 aromatic carbocycles. The van der Waals surface area contributed by atoms with Crippen LogP contribution in [0.3, 0.4) is 0 Å². The topological polar surface area (TPSA) is 104 Å². The van der Waals surface area contributed by atoms with Gasteiger partial charge in [-0.1, -0.05) is 12.1 Å². The third-order valence-electron chi connectivity index (χ3n) is 2.78. The molecule has 3 amide bonds. The maximum atomic E-state index is 12.8. The molecule has 0 saturated carbocycles. The first kappa shape index (κ1) is 16.7. The Hall–Kier alpha value is -2.68. The number of imide groups is 1. The average Bonchev–Trinajstić information content (AvgIpc) is 2.75. The third-order valence-corrected chi connectivity index (χ3v) is 3.69. The number of carboxylic acids is 1. The molecule has 1 aliphatic rings. The fraction of sp³-hybridized carbons (Fsp3) is 0.143. The first-order valence-electron chi connectivity index (χ1n) is 6.36. The molecule has 23 heavy (non-hydrogen) atoms. The van der Waals surface area contributed by atoms with Gasteiger partial charge in [-0.15, -0.1) is 0 Å². The van der Waals surface area contributed by atoms with Crippen LogP contribution in [-0.2, 0) is 14.4 Å². The summed E-state index contributed by atoms with van der Waals surface area (Å²) in [5.41, 5.74) is 0.534. The first-order valence-corrected chi connectivity index (χ1v) is 7.18. The van der Waals surface area contributed by atoms with E-state index in [1.165, 1.54) is 30.3 Å². The zero-order valence-electron chi connectivity index (χ0n) is 11.6. The Morgan fingerprint density at radius 3 is 2.52 bits per heavy atom. The molecule has 2 rings (SSSR count). The van der Waals surface area contributed by atoms with Gasteiger partial charge in [-0.3, -0.25) is 24.1 Å². The number of carbonyl (C=O) groups is 4. The molecule has 0 aromatic heterocycles. The second-order valence-corrected chi connectivity index (χ2v) is 5.48. The van der Waals surface area contributed by atoms with Crippen molar-refractivity contribution in [3.63, 3.8) is 0 Å². The average molecular weight is 338 g/mol. The molecular formula is C14H11FN2O5S. The molecule has 0 unspecified atom stereocenters. The van der Waals surface area contributed by atoms with Gasteiger partial charge in [0.15, 0.2) is 0 Å². The molecule has 120 valence electrons. The van der Waals surface area contributed by atoms with Gasteiger partial charge in [0.2, 0.25) is 5.91 Å². The number of amides is 3. The van der Waals surface area contributed by atoms with Crippen molar-refractivity contribution < 1.29 is 28.7 Å². The van der Waals surface area contributed by atoms with E-state index in [-0.39, 0.29) is 4.91 Å². The number of halogens is 1. The van der Waals surface area contributed by atoms with Crippen LogP contribution in [0, 0.1) is 5.82 Å². The van der Waals surface area contributed by atoms with Gasteiger partial charge in [-0.2, -0.15) is 0 Å². The normalized spacial score (nSPS) is 16.0. The van der Waals surface area contributed by atoms with E-state index in [1.54, 1.807) is 0 Å². The minimum Gasteiger partial charge on any atom is -0.480 e. The van der Waals surface area contributed by atoms with Crippen LogP contribution in [0.4, 0.5) is 9.18 Å². The van der Waals surface area contributed by atoms with E-state index in [2.05, 4.69) is 5.32 Å². The van der Waals surface area contributed by atoms with Gasteiger partial charge in [-0.05, 0) is 35.5 Å². The van der Waals surface area contributed by atoms with Crippen LogP contribution in [0.25, 0.3) is 6.08 Å². The summed E-state index contributed by atoms with van der Waals surface area (Å²) in [6.07, 6.45) is 1.42. The highest BCUT2D eigenvalue weighted by molar-refractivity contribution is 8.18. The van der Waals surface area contributed by atoms with Gasteiger partial charge < -0.3 is 10.4 Å². The van der Waals surface area contributed by atoms with Crippen LogP contribution in [0.5, 0.6) is 0 Å². The molecule has 0 atom stereocenters. The highest BCUT2D eigenvalue weighted by Gasteiger charge is 2.36. The second-order valence-electron chi connectivity index (χ2n) is 4.49. The van der Waals surface area contributed by atoms with Crippen molar-refractivity contribution in [2.24, 2.45) is 0 Å². The molecule has 1 aliphatic heterocycles. The Labute approximate surface area is 134 Å². The van der Waals surface area contributed by atoms with E-state index in [4.69, 9.17) is 5.11 Å². The van der Waals surface area contributed by atoms with E-state index in [1.807, 2.05) is 0 Å². The molecular weight excluding hydrogens is 327 g/mol. The fourth-order valence-electron chi connectivity index (χ4n) is 1.72. The van der Waals surface area contributed by atoms with Crippen molar-refractivity contribution in [3.05, 3.63) is 40.6 Å². The summed E-state index contributed by atoms with van der Waals surface area (Å²) in [4.78, 5) is 46.6. The van der Waals surface area contributed by atoms with Crippen LogP contribution in [0.15, 0.2) is 29.2 Å². The van der Waals surface area contributed by atoms with Gasteiger partial charge in [-0.25, -0.2) is 4.39 Å². The number of thioether (sulfide) groups is 1. The minimum atomic E-state index is -1.23. The SMILES string of the molecule is O=C(O)CNC(=O)CN1C(=O)SC(=Cc2ccc(F)cc2)C1=O. The molecule has 0 radical (unpaired) electrons. The number of nitrogens with one attached hydrogen (secondary N) is 1. The van der Waals surface area contributed by atoms with Crippen LogP contribution >= 0.6 is 11.8 Å². The zero-order chi connectivity index (χ0) is 17.0. The number of benzene rings is 1. The fourth-order valence-corrected chi connectivity index (χ4v) is 2.56. The predicted molar refractivity (Wildman–Crippen MR) is 79.7 cm³/mol. The molecule has 1 fully saturated rings. The van der Waals surface area contributed by atoms with Gasteiger partial charge in [0.05, 0.1) is 4.91 Å². The highest BCUT2D eigenvalue weighted by Crippen LogP contribution is 2.31. The van der Waals surface area contributed by atoms with Gasteiger partial charge in [0.25, 0.3) is 11.1 Å². The maximum absolute atomic E-state index is 12.8. The molecule has 7 nitrogen and oxygen atoms in total. The number of aliphatic carboxylic acids is 1. The number of carbonyl (C=O) groups excluding carboxylic acids is 3. The van der Waals surface area contributed by atoms with E-state index in [0.29, 0.717) is 17.3 Å². The lowest BCUT2D eigenvalue weighted by molar-refractivity contribution is -0.138. The van der Waals surface area contributed by atoms with Crippen LogP contribution in [0.1, 0.15) is 5.56 Å². The largest absolute Gasteiger partial charge is 0.480 e. The lowest BCUT2D eigenvalue weighted by Gasteiger charge is -2.11. The van der Waals surface area contributed by atoms with Crippen LogP contribution in [0.2, 0.25) is 0 Å². The summed E-state index contributed by atoms with van der Waals surface area (Å²) in [6.45, 7) is -1.15. The molecule has 1 heterocycles. The molecule has 0 bridgehead atoms. The van der Waals surface area contributed by atoms with Gasteiger partial charge >= 0.3 is 5.97 Å². The van der Waals surface area contributed by atoms with Crippen molar-refractivity contribution in [3.8, 4) is 0 Å². The Morgan fingerprint density at radius 2 is 1.91 bits per heavy atom. The zero-order valence-corrected chi connectivity index (χ0v) is 12.4. The molecule has 1 saturated heterocycles. The Kier molecular flexibility index (Phi) is 5.12. The van der Waals surface area contributed by atoms with Crippen LogP contribution < -0.4 is 5.32 Å². The third kappa shape index (κ3) is 4.39. The minimum absolute atomic E-state index is 0.104. The summed E-state index contributed by atoms with van der Waals surface area (Å²) in [6, 6.07) is 5.33. The monoisotopic (exact) mass is 338 g/mol. The standard InChI is InChI=1S/C14H11FN2O5S/c15-9-3-1-8(2-4-9)5-10-13(21)17(14(22)23-10)7-11(18)16-6-12(19)20/h1-5H,6-7H2,(H,16,18)(H,19,20). The summed E-state index contributed by atoms with van der Waals surface area (Å²) >= 11 is 0.656. The van der Waals surface area contributed by atoms with E-state index >= 15 is 0 Å². The number of hydrogen-bond acceptors (Lipinski definition) is 5. The van der Waals surface area contributed by atoms with Crippen molar-refractivity contribution in [1.29, 1.82) is 0 Å². The highest BCUT2D eigenvalue weighted by atomic mass is 32.2. The van der Waals surface area contributed by atoms with Gasteiger partial charge in [0, 0.05) is 0 Å². The molecule has 0 aliphatic carbocycles. The Bertz CT molecular complexity index is 702. The van der Waals surface area contributed by atoms with Gasteiger partial charge in [0.1, 0.15) is 18.9 Å². The lowest BCUT2D eigenvalue weighted by Crippen LogP contribution is -2.41. The van der Waals surface area contributed by atoms with Crippen LogP contribution in [-0.4, -0.2) is 46.1 Å². The van der Waals surface area contributed by atoms with E-state index < -0.39 is 41.9 Å². The van der Waals surface area contributed by atoms with E-state index in [9.17, 15) is 23.6 Å². The Balaban J connectivity index is 2.06. The smallest absolute Gasteiger partial charge is 0.322 e. The molecule has 1 aromatic rings. The number of hydrogen-bond donors (Lipinski definition) is 2. The first-order chi connectivity index (χ1) is 10.9. The number of rotatable bonds is 5. The Morgan fingerprint density at radius 1 is 1.26 bits per heavy atom. The van der Waals surface area contributed by atoms with Crippen molar-refractivity contribution >= 4 is 40.9 Å². The number of nitrogens with zero attached hydrogens (tertiary/aromatic N) is 1. The molecule has 0 spiro atoms. The van der Waals surface area contributed by atoms with Crippen molar-refractivity contribution in [2.75, 3.05) is 13.1 Å². The van der Waals surface area contributed by atoms with Crippen molar-refractivity contribution in [1.82, 2.24) is 10.2 Å². The summed E-state index contributed by atoms with van der Waals surface area (Å²) in [5, 5.41) is 9.89. The molecule has 2 N–H and O–H groups in total. The molecule has 9 heteroatoms.